The van der Waals surface area contributed by atoms with E-state index >= 15 is 0 Å². The van der Waals surface area contributed by atoms with E-state index in [1.54, 1.807) is 37.3 Å². The summed E-state index contributed by atoms with van der Waals surface area (Å²) in [5, 5.41) is 6.85. The van der Waals surface area contributed by atoms with Crippen LogP contribution in [0.1, 0.15) is 36.3 Å². The molecule has 2 aliphatic heterocycles. The van der Waals surface area contributed by atoms with Crippen LogP contribution >= 0.6 is 0 Å². The molecule has 33 heavy (non-hydrogen) atoms. The number of rotatable bonds is 4. The van der Waals surface area contributed by atoms with Crippen LogP contribution in [0.4, 0.5) is 27.8 Å². The second-order valence-corrected chi connectivity index (χ2v) is 7.75. The second-order valence-electron chi connectivity index (χ2n) is 7.75. The maximum absolute atomic E-state index is 13.5. The number of nitrogens with zero attached hydrogens (tertiary/aromatic N) is 2. The van der Waals surface area contributed by atoms with Gasteiger partial charge >= 0.3 is 12.5 Å². The fourth-order valence-corrected chi connectivity index (χ4v) is 3.93. The highest BCUT2D eigenvalue weighted by Crippen LogP contribution is 2.43. The van der Waals surface area contributed by atoms with Crippen LogP contribution in [0.25, 0.3) is 5.69 Å². The molecule has 6 nitrogen and oxygen atoms in total. The molecule has 174 valence electrons. The number of hydrogen-bond acceptors (Lipinski definition) is 5. The van der Waals surface area contributed by atoms with Gasteiger partial charge in [0.15, 0.2) is 17.2 Å². The van der Waals surface area contributed by atoms with Crippen molar-refractivity contribution in [3.63, 3.8) is 0 Å². The summed E-state index contributed by atoms with van der Waals surface area (Å²) in [5.74, 6) is 0.511. The van der Waals surface area contributed by atoms with Gasteiger partial charge in [-0.3, -0.25) is 0 Å². The van der Waals surface area contributed by atoms with Crippen LogP contribution in [0.5, 0.6) is 17.2 Å². The lowest BCUT2D eigenvalue weighted by molar-refractivity contribution is -0.286. The third-order valence-corrected chi connectivity index (χ3v) is 5.42. The molecule has 0 spiro atoms. The average Bonchev–Trinajstić information content (AvgIpc) is 3.29. The van der Waals surface area contributed by atoms with Gasteiger partial charge in [0.25, 0.3) is 0 Å². The summed E-state index contributed by atoms with van der Waals surface area (Å²) in [6, 6.07) is 10.8. The first-order chi connectivity index (χ1) is 15.6. The second kappa shape index (κ2) is 7.53. The Morgan fingerprint density at radius 1 is 1.12 bits per heavy atom. The van der Waals surface area contributed by atoms with E-state index in [-0.39, 0.29) is 23.5 Å². The van der Waals surface area contributed by atoms with Crippen molar-refractivity contribution in [2.24, 2.45) is 0 Å². The van der Waals surface area contributed by atoms with Gasteiger partial charge in [0, 0.05) is 18.2 Å². The third kappa shape index (κ3) is 4.03. The Morgan fingerprint density at radius 2 is 1.91 bits per heavy atom. The van der Waals surface area contributed by atoms with Gasteiger partial charge < -0.3 is 19.5 Å². The summed E-state index contributed by atoms with van der Waals surface area (Å²) in [5.41, 5.74) is 0.191. The minimum atomic E-state index is -4.56. The molecular weight excluding hydrogens is 449 g/mol. The fourth-order valence-electron chi connectivity index (χ4n) is 3.93. The van der Waals surface area contributed by atoms with Crippen LogP contribution in [-0.4, -0.2) is 22.6 Å². The molecule has 3 heterocycles. The Morgan fingerprint density at radius 3 is 2.70 bits per heavy atom. The molecular formula is C22H18F5N3O3. The average molecular weight is 467 g/mol. The summed E-state index contributed by atoms with van der Waals surface area (Å²) in [6.45, 7) is 2.26. The summed E-state index contributed by atoms with van der Waals surface area (Å²) in [7, 11) is 0. The zero-order valence-electron chi connectivity index (χ0n) is 17.2. The number of aromatic nitrogens is 2. The number of halogens is 5. The lowest BCUT2D eigenvalue weighted by Crippen LogP contribution is -2.25. The molecule has 5 rings (SSSR count). The van der Waals surface area contributed by atoms with Gasteiger partial charge in [0.05, 0.1) is 5.69 Å². The van der Waals surface area contributed by atoms with E-state index in [9.17, 15) is 22.0 Å². The summed E-state index contributed by atoms with van der Waals surface area (Å²) in [6.07, 6.45) is -7.98. The molecule has 0 fully saturated rings. The highest BCUT2D eigenvalue weighted by molar-refractivity contribution is 5.56. The molecule has 3 aromatic rings. The molecule has 0 saturated heterocycles. The Kier molecular flexibility index (Phi) is 4.87. The van der Waals surface area contributed by atoms with Crippen molar-refractivity contribution >= 4 is 5.82 Å². The van der Waals surface area contributed by atoms with Crippen molar-refractivity contribution in [3.8, 4) is 22.9 Å². The highest BCUT2D eigenvalue weighted by Gasteiger charge is 2.43. The maximum atomic E-state index is 13.5. The van der Waals surface area contributed by atoms with E-state index in [2.05, 4.69) is 19.9 Å². The van der Waals surface area contributed by atoms with Gasteiger partial charge in [-0.05, 0) is 49.6 Å². The summed E-state index contributed by atoms with van der Waals surface area (Å²) < 4.78 is 83.0. The highest BCUT2D eigenvalue weighted by atomic mass is 19.4. The first-order valence-corrected chi connectivity index (χ1v) is 10.2. The quantitative estimate of drug-likeness (QED) is 0.498. The minimum Gasteiger partial charge on any atom is -0.486 e. The van der Waals surface area contributed by atoms with E-state index in [4.69, 9.17) is 4.74 Å². The first-order valence-electron chi connectivity index (χ1n) is 10.2. The smallest absolute Gasteiger partial charge is 0.486 e. The molecule has 0 unspecified atom stereocenters. The Hall–Kier alpha value is -3.50. The lowest BCUT2D eigenvalue weighted by atomic mass is 10.1. The van der Waals surface area contributed by atoms with Crippen molar-refractivity contribution in [1.29, 1.82) is 0 Å². The van der Waals surface area contributed by atoms with E-state index in [1.807, 2.05) is 0 Å². The largest absolute Gasteiger partial charge is 0.586 e. The summed E-state index contributed by atoms with van der Waals surface area (Å²) in [4.78, 5) is 0. The SMILES string of the molecule is C[C@H](Oc1cccc(-n2nc(C(F)(F)F)c3c2NCCC3)c1)c1ccc2c(c1)OC(F)(F)O2. The van der Waals surface area contributed by atoms with E-state index < -0.39 is 24.3 Å². The molecule has 0 amide bonds. The molecule has 1 aromatic heterocycles. The molecule has 2 aliphatic rings. The Bertz CT molecular complexity index is 1210. The zero-order chi connectivity index (χ0) is 23.4. The van der Waals surface area contributed by atoms with Crippen LogP contribution in [-0.2, 0) is 12.6 Å². The molecule has 0 aliphatic carbocycles. The van der Waals surface area contributed by atoms with E-state index in [0.717, 1.165) is 0 Å². The topological polar surface area (TPSA) is 57.5 Å². The standard InChI is InChI=1S/C22H18F5N3O3/c1-12(13-7-8-17-18(10-13)33-22(26,27)32-17)31-15-5-2-4-14(11-15)30-20-16(6-3-9-28-20)19(29-30)21(23,24)25/h2,4-5,7-8,10-12,28H,3,6,9H2,1H3/t12-/m0/s1. The van der Waals surface area contributed by atoms with Crippen LogP contribution in [0.3, 0.4) is 0 Å². The maximum Gasteiger partial charge on any atom is 0.586 e. The number of benzene rings is 2. The zero-order valence-corrected chi connectivity index (χ0v) is 17.2. The third-order valence-electron chi connectivity index (χ3n) is 5.42. The summed E-state index contributed by atoms with van der Waals surface area (Å²) >= 11 is 0. The van der Waals surface area contributed by atoms with Crippen molar-refractivity contribution in [3.05, 3.63) is 59.3 Å². The first kappa shape index (κ1) is 21.4. The molecule has 0 radical (unpaired) electrons. The molecule has 2 aromatic carbocycles. The van der Waals surface area contributed by atoms with Crippen molar-refractivity contribution < 1.29 is 36.2 Å². The minimum absolute atomic E-state index is 0.0747. The van der Waals surface area contributed by atoms with Crippen LogP contribution in [0.15, 0.2) is 42.5 Å². The van der Waals surface area contributed by atoms with Crippen LogP contribution in [0, 0.1) is 0 Å². The predicted molar refractivity (Wildman–Crippen MR) is 107 cm³/mol. The monoisotopic (exact) mass is 467 g/mol. The van der Waals surface area contributed by atoms with E-state index in [1.165, 1.54) is 16.8 Å². The Labute approximate surface area is 184 Å². The van der Waals surface area contributed by atoms with Crippen molar-refractivity contribution in [1.82, 2.24) is 9.78 Å². The van der Waals surface area contributed by atoms with Crippen molar-refractivity contribution in [2.45, 2.75) is 38.3 Å². The van der Waals surface area contributed by atoms with Gasteiger partial charge in [-0.25, -0.2) is 4.68 Å². The van der Waals surface area contributed by atoms with E-state index in [0.29, 0.717) is 35.8 Å². The van der Waals surface area contributed by atoms with Crippen LogP contribution in [0.2, 0.25) is 0 Å². The van der Waals surface area contributed by atoms with Crippen molar-refractivity contribution in [2.75, 3.05) is 11.9 Å². The lowest BCUT2D eigenvalue weighted by Gasteiger charge is -2.18. The van der Waals surface area contributed by atoms with Gasteiger partial charge in [-0.2, -0.15) is 18.3 Å². The number of hydrogen-bond donors (Lipinski definition) is 1. The molecule has 11 heteroatoms. The molecule has 0 bridgehead atoms. The van der Waals surface area contributed by atoms with Gasteiger partial charge in [-0.1, -0.05) is 12.1 Å². The number of anilines is 1. The molecule has 1 N–H and O–H groups in total. The fraction of sp³-hybridized carbons (Fsp3) is 0.318. The van der Waals surface area contributed by atoms with Gasteiger partial charge in [0.1, 0.15) is 17.7 Å². The number of nitrogens with one attached hydrogen (secondary N) is 1. The van der Waals surface area contributed by atoms with Crippen LogP contribution < -0.4 is 19.5 Å². The molecule has 1 atom stereocenters. The van der Waals surface area contributed by atoms with Gasteiger partial charge in [0.2, 0.25) is 0 Å². The Balaban J connectivity index is 1.42. The normalized spacial score (nSPS) is 17.3. The number of fused-ring (bicyclic) bond motifs is 2. The number of ether oxygens (including phenoxy) is 3. The predicted octanol–water partition coefficient (Wildman–Crippen LogP) is 5.71. The molecule has 0 saturated carbocycles. The van der Waals surface area contributed by atoms with Gasteiger partial charge in [-0.15, -0.1) is 8.78 Å². The number of alkyl halides is 5.